The summed E-state index contributed by atoms with van der Waals surface area (Å²) >= 11 is 1.61. The highest BCUT2D eigenvalue weighted by Crippen LogP contribution is 2.21. The van der Waals surface area contributed by atoms with E-state index in [2.05, 4.69) is 32.3 Å². The summed E-state index contributed by atoms with van der Waals surface area (Å²) in [6.45, 7) is 4.80. The zero-order chi connectivity index (χ0) is 18.9. The summed E-state index contributed by atoms with van der Waals surface area (Å²) in [5.41, 5.74) is 1.23. The van der Waals surface area contributed by atoms with E-state index in [0.29, 0.717) is 30.6 Å². The van der Waals surface area contributed by atoms with Gasteiger partial charge in [0.05, 0.1) is 12.3 Å². The Morgan fingerprint density at radius 3 is 2.78 bits per heavy atom. The molecule has 0 bridgehead atoms. The quantitative estimate of drug-likeness (QED) is 0.669. The number of aromatic nitrogens is 2. The minimum absolute atomic E-state index is 0.0242. The Balaban J connectivity index is 1.35. The van der Waals surface area contributed by atoms with Crippen molar-refractivity contribution >= 4 is 23.5 Å². The molecule has 0 atom stereocenters. The Kier molecular flexibility index (Phi) is 7.33. The Bertz CT molecular complexity index is 736. The third-order valence-corrected chi connectivity index (χ3v) is 5.25. The average molecular weight is 387 g/mol. The van der Waals surface area contributed by atoms with Gasteiger partial charge < -0.3 is 15.0 Å². The highest BCUT2D eigenvalue weighted by molar-refractivity contribution is 7.99. The standard InChI is InChI=1S/C20H26N4O2S/c1-16-22-18(24-10-5-6-11-24)13-20(23-16)26-12-9-21-19(25)15-27-14-17-7-3-2-4-8-17/h2-4,7-8,13H,5-6,9-12,14-15H2,1H3,(H,21,25). The number of carbonyl (C=O) groups is 1. The van der Waals surface area contributed by atoms with Gasteiger partial charge in [-0.15, -0.1) is 11.8 Å². The molecule has 1 aliphatic heterocycles. The van der Waals surface area contributed by atoms with Crippen molar-refractivity contribution < 1.29 is 9.53 Å². The lowest BCUT2D eigenvalue weighted by Crippen LogP contribution is -2.29. The molecule has 2 heterocycles. The van der Waals surface area contributed by atoms with Crippen LogP contribution in [0.5, 0.6) is 5.88 Å². The fourth-order valence-electron chi connectivity index (χ4n) is 2.94. The van der Waals surface area contributed by atoms with Crippen LogP contribution >= 0.6 is 11.8 Å². The van der Waals surface area contributed by atoms with Crippen LogP contribution in [-0.4, -0.2) is 47.9 Å². The molecule has 0 saturated carbocycles. The van der Waals surface area contributed by atoms with E-state index in [4.69, 9.17) is 4.74 Å². The fourth-order valence-corrected chi connectivity index (χ4v) is 3.76. The minimum atomic E-state index is 0.0242. The van der Waals surface area contributed by atoms with E-state index in [1.807, 2.05) is 31.2 Å². The number of aryl methyl sites for hydroxylation is 1. The number of thioether (sulfide) groups is 1. The fraction of sp³-hybridized carbons (Fsp3) is 0.450. The van der Waals surface area contributed by atoms with Crippen LogP contribution in [0.2, 0.25) is 0 Å². The van der Waals surface area contributed by atoms with Crippen LogP contribution in [0, 0.1) is 6.92 Å². The molecular weight excluding hydrogens is 360 g/mol. The van der Waals surface area contributed by atoms with E-state index in [0.717, 1.165) is 24.7 Å². The van der Waals surface area contributed by atoms with Gasteiger partial charge in [0, 0.05) is 24.9 Å². The van der Waals surface area contributed by atoms with Crippen molar-refractivity contribution in [2.75, 3.05) is 36.9 Å². The van der Waals surface area contributed by atoms with Crippen molar-refractivity contribution in [3.05, 3.63) is 47.8 Å². The Hall–Kier alpha value is -2.28. The summed E-state index contributed by atoms with van der Waals surface area (Å²) in [5, 5.41) is 2.88. The van der Waals surface area contributed by atoms with Crippen LogP contribution in [0.4, 0.5) is 5.82 Å². The van der Waals surface area contributed by atoms with Gasteiger partial charge in [-0.2, -0.15) is 4.98 Å². The van der Waals surface area contributed by atoms with Crippen molar-refractivity contribution in [1.82, 2.24) is 15.3 Å². The molecule has 1 N–H and O–H groups in total. The maximum absolute atomic E-state index is 11.9. The van der Waals surface area contributed by atoms with Crippen LogP contribution in [0.3, 0.4) is 0 Å². The van der Waals surface area contributed by atoms with Crippen molar-refractivity contribution in [2.24, 2.45) is 0 Å². The van der Waals surface area contributed by atoms with Gasteiger partial charge in [0.2, 0.25) is 11.8 Å². The number of hydrogen-bond donors (Lipinski definition) is 1. The lowest BCUT2D eigenvalue weighted by atomic mass is 10.2. The third-order valence-electron chi connectivity index (χ3n) is 4.25. The van der Waals surface area contributed by atoms with Crippen molar-refractivity contribution in [3.63, 3.8) is 0 Å². The molecule has 6 nitrogen and oxygen atoms in total. The molecule has 0 spiro atoms. The van der Waals surface area contributed by atoms with Crippen LogP contribution < -0.4 is 15.0 Å². The maximum Gasteiger partial charge on any atom is 0.230 e. The monoisotopic (exact) mass is 386 g/mol. The largest absolute Gasteiger partial charge is 0.476 e. The van der Waals surface area contributed by atoms with Crippen LogP contribution in [0.1, 0.15) is 24.2 Å². The first-order valence-corrected chi connectivity index (χ1v) is 10.5. The number of hydrogen-bond acceptors (Lipinski definition) is 6. The Morgan fingerprint density at radius 2 is 2.00 bits per heavy atom. The second kappa shape index (κ2) is 10.2. The van der Waals surface area contributed by atoms with E-state index in [1.54, 1.807) is 11.8 Å². The zero-order valence-electron chi connectivity index (χ0n) is 15.7. The van der Waals surface area contributed by atoms with E-state index in [9.17, 15) is 4.79 Å². The number of nitrogens with zero attached hydrogens (tertiary/aromatic N) is 3. The van der Waals surface area contributed by atoms with Crippen molar-refractivity contribution in [3.8, 4) is 5.88 Å². The third kappa shape index (κ3) is 6.43. The summed E-state index contributed by atoms with van der Waals surface area (Å²) in [7, 11) is 0. The first kappa shape index (κ1) is 19.5. The molecule has 0 unspecified atom stereocenters. The van der Waals surface area contributed by atoms with Crippen molar-refractivity contribution in [2.45, 2.75) is 25.5 Å². The van der Waals surface area contributed by atoms with Gasteiger partial charge in [-0.3, -0.25) is 4.79 Å². The number of amides is 1. The van der Waals surface area contributed by atoms with Crippen LogP contribution in [0.15, 0.2) is 36.4 Å². The molecular formula is C20H26N4O2S. The molecule has 0 aliphatic carbocycles. The Labute approximate surface area is 164 Å². The first-order valence-electron chi connectivity index (χ1n) is 9.32. The van der Waals surface area contributed by atoms with E-state index in [1.165, 1.54) is 18.4 Å². The summed E-state index contributed by atoms with van der Waals surface area (Å²) < 4.78 is 5.71. The predicted molar refractivity (Wildman–Crippen MR) is 109 cm³/mol. The SMILES string of the molecule is Cc1nc(OCCNC(=O)CSCc2ccccc2)cc(N2CCCC2)n1. The van der Waals surface area contributed by atoms with Gasteiger partial charge in [-0.1, -0.05) is 30.3 Å². The van der Waals surface area contributed by atoms with Gasteiger partial charge in [0.25, 0.3) is 0 Å². The number of anilines is 1. The molecule has 7 heteroatoms. The van der Waals surface area contributed by atoms with Crippen LogP contribution in [-0.2, 0) is 10.5 Å². The molecule has 27 heavy (non-hydrogen) atoms. The molecule has 1 aliphatic rings. The highest BCUT2D eigenvalue weighted by Gasteiger charge is 2.15. The number of nitrogens with one attached hydrogen (secondary N) is 1. The lowest BCUT2D eigenvalue weighted by Gasteiger charge is -2.17. The molecule has 3 rings (SSSR count). The number of ether oxygens (including phenoxy) is 1. The minimum Gasteiger partial charge on any atom is -0.476 e. The number of rotatable bonds is 9. The summed E-state index contributed by atoms with van der Waals surface area (Å²) in [6.07, 6.45) is 2.40. The molecule has 1 saturated heterocycles. The topological polar surface area (TPSA) is 67.3 Å². The maximum atomic E-state index is 11.9. The Morgan fingerprint density at radius 1 is 1.22 bits per heavy atom. The van der Waals surface area contributed by atoms with Gasteiger partial charge in [-0.25, -0.2) is 4.98 Å². The molecule has 1 fully saturated rings. The molecule has 1 aromatic carbocycles. The summed E-state index contributed by atoms with van der Waals surface area (Å²) in [4.78, 5) is 23.0. The average Bonchev–Trinajstić information content (AvgIpc) is 3.21. The smallest absolute Gasteiger partial charge is 0.230 e. The predicted octanol–water partition coefficient (Wildman–Crippen LogP) is 2.81. The number of benzene rings is 1. The molecule has 1 aromatic heterocycles. The molecule has 2 aromatic rings. The molecule has 1 amide bonds. The second-order valence-electron chi connectivity index (χ2n) is 6.48. The summed E-state index contributed by atoms with van der Waals surface area (Å²) in [6, 6.07) is 12.0. The van der Waals surface area contributed by atoms with E-state index < -0.39 is 0 Å². The first-order chi connectivity index (χ1) is 13.2. The van der Waals surface area contributed by atoms with Gasteiger partial charge in [-0.05, 0) is 25.3 Å². The van der Waals surface area contributed by atoms with Crippen molar-refractivity contribution in [1.29, 1.82) is 0 Å². The number of carbonyl (C=O) groups excluding carboxylic acids is 1. The van der Waals surface area contributed by atoms with Gasteiger partial charge >= 0.3 is 0 Å². The van der Waals surface area contributed by atoms with Crippen LogP contribution in [0.25, 0.3) is 0 Å². The van der Waals surface area contributed by atoms with Gasteiger partial charge in [0.15, 0.2) is 0 Å². The van der Waals surface area contributed by atoms with E-state index in [-0.39, 0.29) is 5.91 Å². The molecule has 0 radical (unpaired) electrons. The normalized spacial score (nSPS) is 13.6. The molecule has 144 valence electrons. The lowest BCUT2D eigenvalue weighted by molar-refractivity contribution is -0.118. The highest BCUT2D eigenvalue weighted by atomic mass is 32.2. The zero-order valence-corrected chi connectivity index (χ0v) is 16.5. The van der Waals surface area contributed by atoms with E-state index >= 15 is 0 Å². The summed E-state index contributed by atoms with van der Waals surface area (Å²) in [5.74, 6) is 3.51. The van der Waals surface area contributed by atoms with Gasteiger partial charge in [0.1, 0.15) is 18.2 Å². The second-order valence-corrected chi connectivity index (χ2v) is 7.47.